The van der Waals surface area contributed by atoms with Gasteiger partial charge in [0.05, 0.1) is 0 Å². The minimum atomic E-state index is -0.404. The summed E-state index contributed by atoms with van der Waals surface area (Å²) < 4.78 is 6.30. The van der Waals surface area contributed by atoms with Gasteiger partial charge in [0.2, 0.25) is 0 Å². The van der Waals surface area contributed by atoms with Crippen molar-refractivity contribution in [2.75, 3.05) is 5.32 Å². The van der Waals surface area contributed by atoms with Crippen LogP contribution in [0.3, 0.4) is 0 Å². The van der Waals surface area contributed by atoms with Crippen molar-refractivity contribution in [1.82, 2.24) is 24.9 Å². The first kappa shape index (κ1) is 11.1. The zero-order valence-corrected chi connectivity index (χ0v) is 9.59. The lowest BCUT2D eigenvalue weighted by atomic mass is 10.3. The fourth-order valence-electron chi connectivity index (χ4n) is 1.44. The summed E-state index contributed by atoms with van der Waals surface area (Å²) in [7, 11) is 0. The minimum Gasteiger partial charge on any atom is -0.363 e. The topological polar surface area (TPSA) is 98.7 Å². The molecule has 0 radical (unpaired) electrons. The van der Waals surface area contributed by atoms with Crippen molar-refractivity contribution in [3.63, 3.8) is 0 Å². The molecule has 19 heavy (non-hydrogen) atoms. The fraction of sp³-hybridized carbons (Fsp3) is 0. The van der Waals surface area contributed by atoms with Crippen LogP contribution in [0, 0.1) is 0 Å². The third kappa shape index (κ3) is 2.32. The summed E-state index contributed by atoms with van der Waals surface area (Å²) >= 11 is 0. The zero-order chi connectivity index (χ0) is 13.1. The van der Waals surface area contributed by atoms with E-state index in [2.05, 4.69) is 30.2 Å². The maximum absolute atomic E-state index is 11.8. The van der Waals surface area contributed by atoms with Crippen molar-refractivity contribution < 1.29 is 9.32 Å². The molecule has 3 rings (SSSR count). The highest BCUT2D eigenvalue weighted by molar-refractivity contribution is 6.02. The maximum atomic E-state index is 11.8. The number of anilines is 1. The van der Waals surface area contributed by atoms with Crippen molar-refractivity contribution in [1.29, 1.82) is 0 Å². The van der Waals surface area contributed by atoms with E-state index < -0.39 is 5.91 Å². The quantitative estimate of drug-likeness (QED) is 0.747. The number of hydrogen-bond acceptors (Lipinski definition) is 6. The number of rotatable bonds is 3. The second-order valence-electron chi connectivity index (χ2n) is 3.59. The third-order valence-corrected chi connectivity index (χ3v) is 2.33. The van der Waals surface area contributed by atoms with Gasteiger partial charge in [-0.05, 0) is 12.1 Å². The van der Waals surface area contributed by atoms with E-state index in [1.807, 2.05) is 0 Å². The molecule has 3 heterocycles. The molecule has 0 atom stereocenters. The first-order chi connectivity index (χ1) is 9.33. The van der Waals surface area contributed by atoms with E-state index in [0.717, 1.165) is 0 Å². The van der Waals surface area contributed by atoms with Crippen molar-refractivity contribution >= 4 is 11.7 Å². The molecule has 0 saturated heterocycles. The van der Waals surface area contributed by atoms with E-state index in [9.17, 15) is 4.79 Å². The molecule has 0 aliphatic rings. The second kappa shape index (κ2) is 4.69. The van der Waals surface area contributed by atoms with Crippen LogP contribution < -0.4 is 5.32 Å². The largest absolute Gasteiger partial charge is 0.363 e. The first-order valence-corrected chi connectivity index (χ1v) is 5.37. The van der Waals surface area contributed by atoms with Gasteiger partial charge in [-0.15, -0.1) is 10.2 Å². The predicted octanol–water partition coefficient (Wildman–Crippen LogP) is 0.903. The number of hydrogen-bond donors (Lipinski definition) is 1. The van der Waals surface area contributed by atoms with Gasteiger partial charge >= 0.3 is 0 Å². The molecule has 8 heteroatoms. The van der Waals surface area contributed by atoms with E-state index in [1.54, 1.807) is 35.4 Å². The number of carbonyl (C=O) groups excluding carboxylic acids is 1. The third-order valence-electron chi connectivity index (χ3n) is 2.33. The van der Waals surface area contributed by atoms with Gasteiger partial charge in [0.25, 0.3) is 5.91 Å². The van der Waals surface area contributed by atoms with Crippen LogP contribution in [0.4, 0.5) is 5.82 Å². The summed E-state index contributed by atoms with van der Waals surface area (Å²) in [6.45, 7) is 0. The zero-order valence-electron chi connectivity index (χ0n) is 9.59. The van der Waals surface area contributed by atoms with Gasteiger partial charge in [-0.2, -0.15) is 0 Å². The molecule has 3 aromatic rings. The summed E-state index contributed by atoms with van der Waals surface area (Å²) in [5, 5.41) is 13.9. The molecule has 94 valence electrons. The van der Waals surface area contributed by atoms with Gasteiger partial charge in [-0.25, -0.2) is 4.98 Å². The van der Waals surface area contributed by atoms with Crippen molar-refractivity contribution in [3.8, 4) is 5.82 Å². The Hall–Kier alpha value is -3.03. The van der Waals surface area contributed by atoms with Crippen LogP contribution in [0.15, 0.2) is 47.7 Å². The maximum Gasteiger partial charge on any atom is 0.277 e. The molecule has 3 aromatic heterocycles. The Morgan fingerprint density at radius 2 is 2.21 bits per heavy atom. The van der Waals surface area contributed by atoms with E-state index in [1.165, 1.54) is 12.3 Å². The molecule has 0 saturated carbocycles. The van der Waals surface area contributed by atoms with Crippen LogP contribution in [0.5, 0.6) is 0 Å². The standard InChI is InChI=1S/C11H8N6O2/c18-11(13-9-3-6-19-16-9)8-1-2-10(15-14-8)17-5-4-12-7-17/h1-7H,(H,13,16,18). The minimum absolute atomic E-state index is 0.187. The number of carbonyl (C=O) groups is 1. The Morgan fingerprint density at radius 3 is 2.84 bits per heavy atom. The molecule has 0 fully saturated rings. The Labute approximate surface area is 107 Å². The van der Waals surface area contributed by atoms with Crippen LogP contribution in [0.2, 0.25) is 0 Å². The van der Waals surface area contributed by atoms with Crippen LogP contribution >= 0.6 is 0 Å². The van der Waals surface area contributed by atoms with Gasteiger partial charge in [-0.3, -0.25) is 9.36 Å². The Bertz CT molecular complexity index is 660. The number of nitrogens with one attached hydrogen (secondary N) is 1. The van der Waals surface area contributed by atoms with Crippen molar-refractivity contribution in [2.24, 2.45) is 0 Å². The fourth-order valence-corrected chi connectivity index (χ4v) is 1.44. The number of imidazole rings is 1. The van der Waals surface area contributed by atoms with Crippen LogP contribution in [-0.2, 0) is 0 Å². The molecule has 8 nitrogen and oxygen atoms in total. The number of aromatic nitrogens is 5. The summed E-state index contributed by atoms with van der Waals surface area (Å²) in [6, 6.07) is 4.77. The Kier molecular flexibility index (Phi) is 2.73. The molecular formula is C11H8N6O2. The molecule has 1 N–H and O–H groups in total. The molecule has 0 spiro atoms. The van der Waals surface area contributed by atoms with Gasteiger partial charge in [0.15, 0.2) is 17.3 Å². The highest BCUT2D eigenvalue weighted by Gasteiger charge is 2.10. The first-order valence-electron chi connectivity index (χ1n) is 5.37. The smallest absolute Gasteiger partial charge is 0.277 e. The molecule has 0 aliphatic heterocycles. The lowest BCUT2D eigenvalue weighted by molar-refractivity contribution is 0.102. The number of amides is 1. The van der Waals surface area contributed by atoms with Crippen LogP contribution in [0.1, 0.15) is 10.5 Å². The Morgan fingerprint density at radius 1 is 1.26 bits per heavy atom. The summed E-state index contributed by atoms with van der Waals surface area (Å²) in [5.74, 6) is 0.500. The van der Waals surface area contributed by atoms with Crippen LogP contribution in [-0.4, -0.2) is 30.8 Å². The lowest BCUT2D eigenvalue weighted by Gasteiger charge is -2.02. The summed E-state index contributed by atoms with van der Waals surface area (Å²) in [5.41, 5.74) is 0.187. The van der Waals surface area contributed by atoms with Gasteiger partial charge in [-0.1, -0.05) is 5.16 Å². The lowest BCUT2D eigenvalue weighted by Crippen LogP contribution is -2.15. The van der Waals surface area contributed by atoms with Gasteiger partial charge in [0, 0.05) is 18.5 Å². The van der Waals surface area contributed by atoms with E-state index in [4.69, 9.17) is 0 Å². The van der Waals surface area contributed by atoms with Gasteiger partial charge in [0.1, 0.15) is 12.6 Å². The summed E-state index contributed by atoms with van der Waals surface area (Å²) in [6.07, 6.45) is 6.33. The van der Waals surface area contributed by atoms with Crippen molar-refractivity contribution in [2.45, 2.75) is 0 Å². The van der Waals surface area contributed by atoms with Crippen LogP contribution in [0.25, 0.3) is 5.82 Å². The average molecular weight is 256 g/mol. The highest BCUT2D eigenvalue weighted by atomic mass is 16.5. The Balaban J connectivity index is 1.77. The van der Waals surface area contributed by atoms with Gasteiger partial charge < -0.3 is 9.84 Å². The molecular weight excluding hydrogens is 248 g/mol. The van der Waals surface area contributed by atoms with Crippen molar-refractivity contribution in [3.05, 3.63) is 48.9 Å². The molecule has 0 aromatic carbocycles. The van der Waals surface area contributed by atoms with E-state index in [0.29, 0.717) is 11.6 Å². The molecule has 0 bridgehead atoms. The molecule has 0 aliphatic carbocycles. The average Bonchev–Trinajstić information content (AvgIpc) is 3.12. The normalized spacial score (nSPS) is 10.3. The second-order valence-corrected chi connectivity index (χ2v) is 3.59. The predicted molar refractivity (Wildman–Crippen MR) is 63.6 cm³/mol. The SMILES string of the molecule is O=C(Nc1ccon1)c1ccc(-n2ccnc2)nn1. The van der Waals surface area contributed by atoms with E-state index in [-0.39, 0.29) is 5.69 Å². The monoisotopic (exact) mass is 256 g/mol. The van der Waals surface area contributed by atoms with E-state index >= 15 is 0 Å². The number of nitrogens with zero attached hydrogens (tertiary/aromatic N) is 5. The summed E-state index contributed by atoms with van der Waals surface area (Å²) in [4.78, 5) is 15.7. The molecule has 0 unspecified atom stereocenters. The molecule has 1 amide bonds. The highest BCUT2D eigenvalue weighted by Crippen LogP contribution is 2.06.